The van der Waals surface area contributed by atoms with Gasteiger partial charge in [-0.2, -0.15) is 0 Å². The molecule has 1 aromatic rings. The predicted molar refractivity (Wildman–Crippen MR) is 68.6 cm³/mol. The molecule has 2 N–H and O–H groups in total. The van der Waals surface area contributed by atoms with Crippen LogP contribution < -0.4 is 5.73 Å². The number of nitrogens with two attached hydrogens (primary N) is 1. The van der Waals surface area contributed by atoms with Gasteiger partial charge in [-0.05, 0) is 11.5 Å². The molecule has 0 aliphatic carbocycles. The number of carbonyl (C=O) groups is 1. The fraction of sp³-hybridized carbons (Fsp3) is 0.462. The summed E-state index contributed by atoms with van der Waals surface area (Å²) in [6.45, 7) is 3.42. The summed E-state index contributed by atoms with van der Waals surface area (Å²) in [6, 6.07) is 9.04. The molecule has 0 heterocycles. The number of carbonyl (C=O) groups excluding carboxylic acids is 1. The Morgan fingerprint density at radius 2 is 1.89 bits per heavy atom. The molecule has 0 saturated carbocycles. The maximum absolute atomic E-state index is 11.5. The zero-order chi connectivity index (χ0) is 13.7. The summed E-state index contributed by atoms with van der Waals surface area (Å²) in [5, 5.41) is 10.8. The summed E-state index contributed by atoms with van der Waals surface area (Å²) in [5.41, 5.74) is 6.17. The molecule has 98 valence electrons. The van der Waals surface area contributed by atoms with Gasteiger partial charge in [0.25, 0.3) is 0 Å². The van der Waals surface area contributed by atoms with Crippen molar-refractivity contribution in [3.63, 3.8) is 0 Å². The Bertz CT molecular complexity index is 418. The first-order valence-electron chi connectivity index (χ1n) is 5.89. The first-order chi connectivity index (χ1) is 8.43. The summed E-state index contributed by atoms with van der Waals surface area (Å²) >= 11 is 0. The Morgan fingerprint density at radius 1 is 1.33 bits per heavy atom. The van der Waals surface area contributed by atoms with Crippen molar-refractivity contribution in [2.24, 2.45) is 17.6 Å². The van der Waals surface area contributed by atoms with Crippen LogP contribution in [0.2, 0.25) is 0 Å². The second kappa shape index (κ2) is 6.14. The second-order valence-electron chi connectivity index (χ2n) is 4.70. The zero-order valence-electron chi connectivity index (χ0n) is 10.6. The van der Waals surface area contributed by atoms with E-state index in [9.17, 15) is 14.9 Å². The second-order valence-corrected chi connectivity index (χ2v) is 4.70. The molecule has 0 aromatic heterocycles. The Hall–Kier alpha value is -1.91. The summed E-state index contributed by atoms with van der Waals surface area (Å²) < 4.78 is 0. The topological polar surface area (TPSA) is 86.2 Å². The lowest BCUT2D eigenvalue weighted by Gasteiger charge is -2.25. The van der Waals surface area contributed by atoms with Gasteiger partial charge in [-0.25, -0.2) is 0 Å². The Morgan fingerprint density at radius 3 is 2.28 bits per heavy atom. The minimum Gasteiger partial charge on any atom is -0.369 e. The van der Waals surface area contributed by atoms with Crippen molar-refractivity contribution < 1.29 is 9.72 Å². The highest BCUT2D eigenvalue weighted by Gasteiger charge is 2.34. The third kappa shape index (κ3) is 3.55. The van der Waals surface area contributed by atoms with Gasteiger partial charge in [0.05, 0.1) is 11.8 Å². The average Bonchev–Trinajstić information content (AvgIpc) is 2.27. The van der Waals surface area contributed by atoms with E-state index in [0.29, 0.717) is 0 Å². The molecule has 0 spiro atoms. The van der Waals surface area contributed by atoms with E-state index < -0.39 is 22.7 Å². The zero-order valence-corrected chi connectivity index (χ0v) is 10.6. The van der Waals surface area contributed by atoms with E-state index in [1.165, 1.54) is 0 Å². The monoisotopic (exact) mass is 250 g/mol. The molecule has 0 bridgehead atoms. The molecule has 5 heteroatoms. The number of hydrogen-bond donors (Lipinski definition) is 1. The highest BCUT2D eigenvalue weighted by Crippen LogP contribution is 2.30. The highest BCUT2D eigenvalue weighted by atomic mass is 16.6. The van der Waals surface area contributed by atoms with Gasteiger partial charge in [0, 0.05) is 4.92 Å². The van der Waals surface area contributed by atoms with Gasteiger partial charge in [0.2, 0.25) is 12.5 Å². The third-order valence-corrected chi connectivity index (χ3v) is 3.05. The maximum Gasteiger partial charge on any atom is 0.221 e. The molecule has 0 saturated heterocycles. The van der Waals surface area contributed by atoms with Crippen LogP contribution in [-0.4, -0.2) is 17.4 Å². The fourth-order valence-corrected chi connectivity index (χ4v) is 2.28. The molecular formula is C13H18N2O3. The van der Waals surface area contributed by atoms with Gasteiger partial charge in [-0.3, -0.25) is 14.9 Å². The van der Waals surface area contributed by atoms with E-state index in [1.807, 2.05) is 19.9 Å². The van der Waals surface area contributed by atoms with Gasteiger partial charge in [-0.15, -0.1) is 0 Å². The maximum atomic E-state index is 11.5. The summed E-state index contributed by atoms with van der Waals surface area (Å²) in [7, 11) is 0. The molecule has 2 atom stereocenters. The van der Waals surface area contributed by atoms with Crippen molar-refractivity contribution in [2.45, 2.75) is 19.8 Å². The largest absolute Gasteiger partial charge is 0.369 e. The Kier molecular flexibility index (Phi) is 4.83. The van der Waals surface area contributed by atoms with Crippen molar-refractivity contribution in [3.05, 3.63) is 46.0 Å². The van der Waals surface area contributed by atoms with E-state index in [1.54, 1.807) is 24.3 Å². The molecule has 0 radical (unpaired) electrons. The summed E-state index contributed by atoms with van der Waals surface area (Å²) in [4.78, 5) is 21.9. The number of rotatable bonds is 6. The van der Waals surface area contributed by atoms with Crippen LogP contribution in [0.3, 0.4) is 0 Å². The molecule has 1 amide bonds. The van der Waals surface area contributed by atoms with E-state index in [4.69, 9.17) is 5.73 Å². The van der Waals surface area contributed by atoms with Crippen molar-refractivity contribution in [2.75, 3.05) is 6.54 Å². The molecular weight excluding hydrogens is 232 g/mol. The summed E-state index contributed by atoms with van der Waals surface area (Å²) in [6.07, 6.45) is 0. The van der Waals surface area contributed by atoms with Crippen molar-refractivity contribution >= 4 is 5.91 Å². The number of nitro groups is 1. The smallest absolute Gasteiger partial charge is 0.221 e. The van der Waals surface area contributed by atoms with Gasteiger partial charge in [0.15, 0.2) is 0 Å². The summed E-state index contributed by atoms with van der Waals surface area (Å²) in [5.74, 6) is -1.52. The van der Waals surface area contributed by atoms with Crippen LogP contribution in [0.15, 0.2) is 30.3 Å². The average molecular weight is 250 g/mol. The molecule has 0 fully saturated rings. The van der Waals surface area contributed by atoms with Crippen LogP contribution in [0, 0.1) is 22.0 Å². The number of amides is 1. The number of primary amides is 1. The van der Waals surface area contributed by atoms with Crippen LogP contribution in [0.4, 0.5) is 0 Å². The van der Waals surface area contributed by atoms with Gasteiger partial charge in [-0.1, -0.05) is 44.2 Å². The van der Waals surface area contributed by atoms with Gasteiger partial charge in [0.1, 0.15) is 0 Å². The molecule has 1 rings (SSSR count). The molecule has 0 aliphatic heterocycles. The van der Waals surface area contributed by atoms with Crippen LogP contribution in [0.5, 0.6) is 0 Å². The Labute approximate surface area is 106 Å². The van der Waals surface area contributed by atoms with Crippen molar-refractivity contribution in [1.29, 1.82) is 0 Å². The molecule has 18 heavy (non-hydrogen) atoms. The van der Waals surface area contributed by atoms with E-state index in [2.05, 4.69) is 0 Å². The number of nitrogens with zero attached hydrogens (tertiary/aromatic N) is 1. The highest BCUT2D eigenvalue weighted by molar-refractivity contribution is 5.78. The minimum absolute atomic E-state index is 0.0346. The van der Waals surface area contributed by atoms with Crippen molar-refractivity contribution in [3.8, 4) is 0 Å². The lowest BCUT2D eigenvalue weighted by Crippen LogP contribution is -2.35. The molecule has 0 unspecified atom stereocenters. The fourth-order valence-electron chi connectivity index (χ4n) is 2.28. The van der Waals surface area contributed by atoms with E-state index in [0.717, 1.165) is 5.56 Å². The SMILES string of the molecule is CC(C)[C@H](C(N)=O)[C@@H](C[N+](=O)[O-])c1ccccc1. The normalized spacial score (nSPS) is 14.2. The Balaban J connectivity index is 3.11. The third-order valence-electron chi connectivity index (χ3n) is 3.05. The quantitative estimate of drug-likeness (QED) is 0.617. The van der Waals surface area contributed by atoms with Crippen molar-refractivity contribution in [1.82, 2.24) is 0 Å². The van der Waals surface area contributed by atoms with Gasteiger partial charge < -0.3 is 5.73 Å². The first-order valence-corrected chi connectivity index (χ1v) is 5.89. The van der Waals surface area contributed by atoms with Gasteiger partial charge >= 0.3 is 0 Å². The molecule has 0 aliphatic rings. The first kappa shape index (κ1) is 14.2. The lowest BCUT2D eigenvalue weighted by atomic mass is 9.79. The number of benzene rings is 1. The minimum atomic E-state index is -0.530. The molecule has 1 aromatic carbocycles. The predicted octanol–water partition coefficient (Wildman–Crippen LogP) is 1.80. The van der Waals surface area contributed by atoms with E-state index in [-0.39, 0.29) is 12.5 Å². The standard InChI is InChI=1S/C13H18N2O3/c1-9(2)12(13(14)16)11(8-15(17)18)10-6-4-3-5-7-10/h3-7,9,11-12H,8H2,1-2H3,(H2,14,16)/t11-,12-/m0/s1. The van der Waals surface area contributed by atoms with Crippen LogP contribution in [0.1, 0.15) is 25.3 Å². The number of hydrogen-bond acceptors (Lipinski definition) is 3. The lowest BCUT2D eigenvalue weighted by molar-refractivity contribution is -0.484. The van der Waals surface area contributed by atoms with E-state index >= 15 is 0 Å². The molecule has 5 nitrogen and oxygen atoms in total. The van der Waals surface area contributed by atoms with Crippen LogP contribution in [-0.2, 0) is 4.79 Å². The van der Waals surface area contributed by atoms with Crippen LogP contribution in [0.25, 0.3) is 0 Å². The van der Waals surface area contributed by atoms with Crippen LogP contribution >= 0.6 is 0 Å².